The van der Waals surface area contributed by atoms with E-state index in [1.165, 1.54) is 0 Å². The summed E-state index contributed by atoms with van der Waals surface area (Å²) >= 11 is 0. The van der Waals surface area contributed by atoms with Crippen LogP contribution < -0.4 is 15.7 Å². The maximum absolute atomic E-state index is 12.9. The lowest BCUT2D eigenvalue weighted by Gasteiger charge is -2.28. The Kier molecular flexibility index (Phi) is 7.49. The molecule has 3 unspecified atom stereocenters. The number of carbonyl (C=O) groups excluding carboxylic acids is 1. The summed E-state index contributed by atoms with van der Waals surface area (Å²) in [7, 11) is 1.95. The molecule has 9 nitrogen and oxygen atoms in total. The molecule has 2 aromatic carbocycles. The molecule has 0 amide bonds. The van der Waals surface area contributed by atoms with Gasteiger partial charge in [0.2, 0.25) is 0 Å². The van der Waals surface area contributed by atoms with Gasteiger partial charge in [-0.1, -0.05) is 24.3 Å². The molecule has 2 N–H and O–H groups in total. The normalized spacial score (nSPS) is 21.5. The van der Waals surface area contributed by atoms with Crippen molar-refractivity contribution in [3.8, 4) is 22.6 Å². The van der Waals surface area contributed by atoms with Crippen LogP contribution in [0.2, 0.25) is 0 Å². The third kappa shape index (κ3) is 5.44. The third-order valence-electron chi connectivity index (χ3n) is 8.06. The van der Waals surface area contributed by atoms with Crippen molar-refractivity contribution < 1.29 is 19.0 Å². The van der Waals surface area contributed by atoms with Crippen LogP contribution in [0.25, 0.3) is 16.8 Å². The van der Waals surface area contributed by atoms with E-state index in [4.69, 9.17) is 14.2 Å². The Morgan fingerprint density at radius 2 is 1.90 bits per heavy atom. The molecule has 1 saturated carbocycles. The lowest BCUT2D eigenvalue weighted by atomic mass is 9.95. The van der Waals surface area contributed by atoms with Gasteiger partial charge in [-0.15, -0.1) is 5.53 Å². The van der Waals surface area contributed by atoms with Crippen LogP contribution >= 0.6 is 0 Å². The van der Waals surface area contributed by atoms with Crippen LogP contribution in [-0.2, 0) is 9.47 Å². The Bertz CT molecular complexity index is 1400. The molecular weight excluding hydrogens is 506 g/mol. The minimum absolute atomic E-state index is 0.129. The molecule has 0 radical (unpaired) electrons. The largest absolute Gasteiger partial charge is 0.490 e. The van der Waals surface area contributed by atoms with Crippen molar-refractivity contribution in [1.82, 2.24) is 25.7 Å². The summed E-state index contributed by atoms with van der Waals surface area (Å²) in [6.07, 6.45) is 6.81. The number of carbonyl (C=O) groups is 1. The zero-order valence-electron chi connectivity index (χ0n) is 23.3. The second-order valence-electron chi connectivity index (χ2n) is 10.8. The second-order valence-corrected chi connectivity index (χ2v) is 10.8. The minimum atomic E-state index is -0.336. The molecule has 2 aliphatic heterocycles. The topological polar surface area (TPSA) is 89.9 Å². The molecule has 3 atom stereocenters. The number of allylic oxidation sites excluding steroid dienone is 1. The highest BCUT2D eigenvalue weighted by Gasteiger charge is 2.46. The fourth-order valence-electron chi connectivity index (χ4n) is 5.80. The predicted octanol–water partition coefficient (Wildman–Crippen LogP) is 4.81. The summed E-state index contributed by atoms with van der Waals surface area (Å²) in [5, 5.41) is 6.57. The van der Waals surface area contributed by atoms with Crippen molar-refractivity contribution in [3.63, 3.8) is 0 Å². The number of ether oxygens (including phenoxy) is 3. The molecular formula is C31H37N5O4. The zero-order chi connectivity index (χ0) is 27.6. The van der Waals surface area contributed by atoms with Crippen LogP contribution in [0, 0.1) is 11.8 Å². The van der Waals surface area contributed by atoms with E-state index < -0.39 is 0 Å². The summed E-state index contributed by atoms with van der Waals surface area (Å²) in [5.41, 5.74) is 11.9. The van der Waals surface area contributed by atoms with Crippen molar-refractivity contribution in [3.05, 3.63) is 77.9 Å². The summed E-state index contributed by atoms with van der Waals surface area (Å²) in [6.45, 7) is 5.91. The smallest absolute Gasteiger partial charge is 0.341 e. The Morgan fingerprint density at radius 1 is 1.12 bits per heavy atom. The van der Waals surface area contributed by atoms with E-state index in [1.54, 1.807) is 6.20 Å². The van der Waals surface area contributed by atoms with Crippen LogP contribution in [0.1, 0.15) is 55.1 Å². The molecule has 1 aromatic heterocycles. The first-order valence-corrected chi connectivity index (χ1v) is 14.2. The SMILES string of the molecule is CCOC(=O)c1cnn(-c2cccc(-c3cccc(OC(C)C4CCOCC4)c3)c2)c1C1CC1C1=CN(C)NN1. The summed E-state index contributed by atoms with van der Waals surface area (Å²) in [5.74, 6) is 1.46. The number of benzene rings is 2. The first-order valence-electron chi connectivity index (χ1n) is 14.2. The van der Waals surface area contributed by atoms with Gasteiger partial charge in [0.15, 0.2) is 0 Å². The summed E-state index contributed by atoms with van der Waals surface area (Å²) in [4.78, 5) is 12.9. The van der Waals surface area contributed by atoms with Crippen molar-refractivity contribution in [2.24, 2.45) is 11.8 Å². The van der Waals surface area contributed by atoms with E-state index >= 15 is 0 Å². The number of hydrogen-bond acceptors (Lipinski definition) is 8. The number of hydrazine groups is 2. The van der Waals surface area contributed by atoms with Gasteiger partial charge in [0.1, 0.15) is 11.3 Å². The van der Waals surface area contributed by atoms with Gasteiger partial charge in [-0.25, -0.2) is 9.48 Å². The Balaban J connectivity index is 1.28. The molecule has 3 aliphatic rings. The number of rotatable bonds is 9. The Hall–Kier alpha value is -3.82. The highest BCUT2D eigenvalue weighted by Crippen LogP contribution is 2.52. The van der Waals surface area contributed by atoms with Crippen LogP contribution in [0.5, 0.6) is 5.75 Å². The number of hydrogen-bond donors (Lipinski definition) is 2. The quantitative estimate of drug-likeness (QED) is 0.372. The Morgan fingerprint density at radius 3 is 2.65 bits per heavy atom. The van der Waals surface area contributed by atoms with Crippen LogP contribution in [0.15, 0.2) is 66.6 Å². The van der Waals surface area contributed by atoms with Gasteiger partial charge in [-0.05, 0) is 74.4 Å². The molecule has 210 valence electrons. The van der Waals surface area contributed by atoms with Crippen LogP contribution in [0.3, 0.4) is 0 Å². The van der Waals surface area contributed by atoms with Crippen molar-refractivity contribution in [1.29, 1.82) is 0 Å². The molecule has 0 bridgehead atoms. The van der Waals surface area contributed by atoms with E-state index in [-0.39, 0.29) is 23.9 Å². The standard InChI is InChI=1S/C31H37N5O4/c1-4-39-31(37)28-18-32-36(30(28)27-17-26(27)29-19-35(3)34-33-29)24-9-5-7-22(15-24)23-8-6-10-25(16-23)40-20(2)21-11-13-38-14-12-21/h5-10,15-16,18-21,26-27,33-34H,4,11-14,17H2,1-3H3. The lowest BCUT2D eigenvalue weighted by molar-refractivity contribution is 0.0239. The zero-order valence-corrected chi connectivity index (χ0v) is 23.3. The lowest BCUT2D eigenvalue weighted by Crippen LogP contribution is -2.33. The molecule has 0 spiro atoms. The van der Waals surface area contributed by atoms with Gasteiger partial charge in [-0.2, -0.15) is 5.10 Å². The molecule has 40 heavy (non-hydrogen) atoms. The minimum Gasteiger partial charge on any atom is -0.490 e. The van der Waals surface area contributed by atoms with E-state index in [9.17, 15) is 4.79 Å². The van der Waals surface area contributed by atoms with Gasteiger partial charge < -0.3 is 19.6 Å². The van der Waals surface area contributed by atoms with Gasteiger partial charge in [-0.3, -0.25) is 5.01 Å². The maximum atomic E-state index is 12.9. The predicted molar refractivity (Wildman–Crippen MR) is 152 cm³/mol. The van der Waals surface area contributed by atoms with Crippen molar-refractivity contribution >= 4 is 5.97 Å². The molecule has 9 heteroatoms. The maximum Gasteiger partial charge on any atom is 0.341 e. The highest BCUT2D eigenvalue weighted by molar-refractivity contribution is 5.91. The molecule has 3 heterocycles. The third-order valence-corrected chi connectivity index (χ3v) is 8.06. The molecule has 1 aliphatic carbocycles. The average molecular weight is 544 g/mol. The van der Waals surface area contributed by atoms with Crippen molar-refractivity contribution in [2.45, 2.75) is 45.1 Å². The molecule has 6 rings (SSSR count). The van der Waals surface area contributed by atoms with E-state index in [0.29, 0.717) is 18.1 Å². The molecule has 3 aromatic rings. The van der Waals surface area contributed by atoms with Crippen molar-refractivity contribution in [2.75, 3.05) is 26.9 Å². The molecule has 2 fully saturated rings. The van der Waals surface area contributed by atoms with Gasteiger partial charge >= 0.3 is 5.97 Å². The summed E-state index contributed by atoms with van der Waals surface area (Å²) < 4.78 is 19.2. The van der Waals surface area contributed by atoms with Crippen LogP contribution in [0.4, 0.5) is 0 Å². The van der Waals surface area contributed by atoms with E-state index in [2.05, 4.69) is 47.2 Å². The number of nitrogens with one attached hydrogen (secondary N) is 2. The Labute approximate surface area is 235 Å². The van der Waals surface area contributed by atoms with Gasteiger partial charge in [0.25, 0.3) is 0 Å². The van der Waals surface area contributed by atoms with Gasteiger partial charge in [0, 0.05) is 44.0 Å². The first-order chi connectivity index (χ1) is 19.5. The second kappa shape index (κ2) is 11.3. The number of aromatic nitrogens is 2. The van der Waals surface area contributed by atoms with Gasteiger partial charge in [0.05, 0.1) is 30.3 Å². The van der Waals surface area contributed by atoms with Crippen LogP contribution in [-0.4, -0.2) is 53.7 Å². The molecule has 1 saturated heterocycles. The summed E-state index contributed by atoms with van der Waals surface area (Å²) in [6, 6.07) is 16.5. The number of nitrogens with zero attached hydrogens (tertiary/aromatic N) is 3. The first kappa shape index (κ1) is 26.4. The fourth-order valence-corrected chi connectivity index (χ4v) is 5.80. The number of esters is 1. The van der Waals surface area contributed by atoms with E-state index in [1.807, 2.05) is 54.1 Å². The average Bonchev–Trinajstić information content (AvgIpc) is 3.43. The highest BCUT2D eigenvalue weighted by atomic mass is 16.5. The fraction of sp³-hybridized carbons (Fsp3) is 0.419. The monoisotopic (exact) mass is 543 g/mol. The van der Waals surface area contributed by atoms with E-state index in [0.717, 1.165) is 66.4 Å².